The highest BCUT2D eigenvalue weighted by Gasteiger charge is 2.24. The van der Waals surface area contributed by atoms with E-state index in [2.05, 4.69) is 11.7 Å². The number of halogens is 1. The van der Waals surface area contributed by atoms with Crippen LogP contribution in [-0.4, -0.2) is 26.1 Å². The summed E-state index contributed by atoms with van der Waals surface area (Å²) in [5.74, 6) is 0. The third-order valence-corrected chi connectivity index (χ3v) is 3.38. The van der Waals surface area contributed by atoms with E-state index in [-0.39, 0.29) is 5.57 Å². The van der Waals surface area contributed by atoms with E-state index in [9.17, 15) is 10.2 Å². The molecule has 0 unspecified atom stereocenters. The molecule has 2 aromatic rings. The van der Waals surface area contributed by atoms with Crippen molar-refractivity contribution in [3.05, 3.63) is 53.3 Å². The number of nitrogens with zero attached hydrogens (tertiary/aromatic N) is 3. The molecular weight excluding hydrogens is 290 g/mol. The molecule has 1 aromatic carbocycles. The molecule has 1 aromatic heterocycles. The van der Waals surface area contributed by atoms with Crippen molar-refractivity contribution in [1.29, 1.82) is 5.26 Å². The fourth-order valence-corrected chi connectivity index (χ4v) is 2.20. The molecule has 0 spiro atoms. The molecule has 2 atom stereocenters. The number of nitriles is 1. The van der Waals surface area contributed by atoms with Gasteiger partial charge in [-0.15, -0.1) is 0 Å². The van der Waals surface area contributed by atoms with Gasteiger partial charge in [0, 0.05) is 23.8 Å². The first-order valence-corrected chi connectivity index (χ1v) is 6.55. The largest absolute Gasteiger partial charge is 0.385 e. The third-order valence-electron chi connectivity index (χ3n) is 3.15. The average Bonchev–Trinajstić information content (AvgIpc) is 2.91. The minimum Gasteiger partial charge on any atom is -0.385 e. The van der Waals surface area contributed by atoms with Crippen LogP contribution in [0.2, 0.25) is 5.02 Å². The Balaban J connectivity index is 2.49. The van der Waals surface area contributed by atoms with Gasteiger partial charge in [-0.05, 0) is 23.3 Å². The van der Waals surface area contributed by atoms with E-state index in [0.717, 1.165) is 5.56 Å². The van der Waals surface area contributed by atoms with E-state index >= 15 is 0 Å². The fraction of sp³-hybridized carbons (Fsp3) is 0.200. The maximum atomic E-state index is 10.3. The molecule has 0 amide bonds. The van der Waals surface area contributed by atoms with Crippen LogP contribution in [0.5, 0.6) is 0 Å². The van der Waals surface area contributed by atoms with Crippen molar-refractivity contribution >= 4 is 11.6 Å². The van der Waals surface area contributed by atoms with Crippen LogP contribution in [0.15, 0.2) is 42.7 Å². The second-order valence-electron chi connectivity index (χ2n) is 4.66. The van der Waals surface area contributed by atoms with Crippen molar-refractivity contribution in [3.63, 3.8) is 0 Å². The van der Waals surface area contributed by atoms with Crippen LogP contribution in [0, 0.1) is 11.3 Å². The molecule has 2 rings (SSSR count). The number of hydrogen-bond acceptors (Lipinski definition) is 4. The van der Waals surface area contributed by atoms with Gasteiger partial charge in [-0.2, -0.15) is 10.4 Å². The Morgan fingerprint density at radius 1 is 1.48 bits per heavy atom. The van der Waals surface area contributed by atoms with Gasteiger partial charge in [-0.1, -0.05) is 24.2 Å². The Morgan fingerprint density at radius 3 is 2.76 bits per heavy atom. The fourth-order valence-electron chi connectivity index (χ4n) is 2.02. The summed E-state index contributed by atoms with van der Waals surface area (Å²) in [6, 6.07) is 6.65. The highest BCUT2D eigenvalue weighted by molar-refractivity contribution is 6.30. The minimum absolute atomic E-state index is 0.102. The molecule has 1 heterocycles. The van der Waals surface area contributed by atoms with E-state index in [1.54, 1.807) is 48.4 Å². The molecule has 0 saturated heterocycles. The average molecular weight is 304 g/mol. The number of aryl methyl sites for hydroxylation is 1. The van der Waals surface area contributed by atoms with Crippen LogP contribution in [0.25, 0.3) is 11.1 Å². The van der Waals surface area contributed by atoms with Crippen molar-refractivity contribution in [3.8, 4) is 17.2 Å². The topological polar surface area (TPSA) is 82.1 Å². The Hall–Kier alpha value is -2.13. The quantitative estimate of drug-likeness (QED) is 0.848. The number of aliphatic hydroxyl groups is 2. The molecule has 0 aliphatic heterocycles. The van der Waals surface area contributed by atoms with Crippen molar-refractivity contribution in [2.24, 2.45) is 7.05 Å². The van der Waals surface area contributed by atoms with Crippen LogP contribution in [-0.2, 0) is 7.05 Å². The van der Waals surface area contributed by atoms with Gasteiger partial charge in [0.2, 0.25) is 0 Å². The number of aliphatic hydroxyl groups excluding tert-OH is 2. The molecule has 0 fully saturated rings. The van der Waals surface area contributed by atoms with E-state index in [0.29, 0.717) is 16.1 Å². The SMILES string of the molecule is C=C(C#N)[C@H](O)[C@H](O)c1ccc(Cl)cc1-c1cnn(C)c1. The van der Waals surface area contributed by atoms with Crippen LogP contribution in [0.4, 0.5) is 0 Å². The van der Waals surface area contributed by atoms with Crippen LogP contribution < -0.4 is 0 Å². The molecule has 0 aliphatic rings. The van der Waals surface area contributed by atoms with Gasteiger partial charge < -0.3 is 10.2 Å². The van der Waals surface area contributed by atoms with Gasteiger partial charge in [-0.25, -0.2) is 0 Å². The predicted molar refractivity (Wildman–Crippen MR) is 79.4 cm³/mol. The standard InChI is InChI=1S/C15H14ClN3O2/c1-9(6-17)14(20)15(21)12-4-3-11(16)5-13(12)10-7-18-19(2)8-10/h3-5,7-8,14-15,20-21H,1H2,2H3/t14-,15+/m0/s1. The van der Waals surface area contributed by atoms with Gasteiger partial charge in [0.15, 0.2) is 0 Å². The summed E-state index contributed by atoms with van der Waals surface area (Å²) in [4.78, 5) is 0. The second-order valence-corrected chi connectivity index (χ2v) is 5.10. The normalized spacial score (nSPS) is 13.5. The second kappa shape index (κ2) is 6.10. The van der Waals surface area contributed by atoms with Gasteiger partial charge >= 0.3 is 0 Å². The maximum absolute atomic E-state index is 10.3. The first-order chi connectivity index (χ1) is 9.93. The maximum Gasteiger partial charge on any atom is 0.118 e. The Bertz CT molecular complexity index is 718. The molecule has 0 aliphatic carbocycles. The van der Waals surface area contributed by atoms with E-state index in [1.165, 1.54) is 0 Å². The van der Waals surface area contributed by atoms with Gasteiger partial charge in [0.25, 0.3) is 0 Å². The highest BCUT2D eigenvalue weighted by Crippen LogP contribution is 2.33. The third kappa shape index (κ3) is 3.14. The molecule has 2 N–H and O–H groups in total. The van der Waals surface area contributed by atoms with E-state index in [4.69, 9.17) is 16.9 Å². The Morgan fingerprint density at radius 2 is 2.19 bits per heavy atom. The van der Waals surface area contributed by atoms with Gasteiger partial charge in [0.1, 0.15) is 12.2 Å². The molecule has 21 heavy (non-hydrogen) atoms. The number of hydrogen-bond donors (Lipinski definition) is 2. The molecular formula is C15H14ClN3O2. The van der Waals surface area contributed by atoms with E-state index in [1.807, 2.05) is 0 Å². The van der Waals surface area contributed by atoms with Crippen molar-refractivity contribution < 1.29 is 10.2 Å². The zero-order valence-corrected chi connectivity index (χ0v) is 12.1. The minimum atomic E-state index is -1.37. The van der Waals surface area contributed by atoms with Crippen molar-refractivity contribution in [2.75, 3.05) is 0 Å². The van der Waals surface area contributed by atoms with Crippen LogP contribution >= 0.6 is 11.6 Å². The summed E-state index contributed by atoms with van der Waals surface area (Å²) in [5, 5.41) is 33.6. The zero-order chi connectivity index (χ0) is 15.6. The monoisotopic (exact) mass is 303 g/mol. The lowest BCUT2D eigenvalue weighted by atomic mass is 9.93. The molecule has 0 radical (unpaired) electrons. The number of benzene rings is 1. The van der Waals surface area contributed by atoms with Gasteiger partial charge in [-0.3, -0.25) is 4.68 Å². The summed E-state index contributed by atoms with van der Waals surface area (Å²) < 4.78 is 1.62. The first-order valence-electron chi connectivity index (χ1n) is 6.17. The predicted octanol–water partition coefficient (Wildman–Crippen LogP) is 2.21. The van der Waals surface area contributed by atoms with Crippen LogP contribution in [0.3, 0.4) is 0 Å². The van der Waals surface area contributed by atoms with Crippen molar-refractivity contribution in [1.82, 2.24) is 9.78 Å². The molecule has 0 saturated carbocycles. The zero-order valence-electron chi connectivity index (χ0n) is 11.4. The summed E-state index contributed by atoms with van der Waals surface area (Å²) in [6.45, 7) is 3.43. The molecule has 0 bridgehead atoms. The van der Waals surface area contributed by atoms with Crippen LogP contribution in [0.1, 0.15) is 11.7 Å². The Kier molecular flexibility index (Phi) is 4.43. The summed E-state index contributed by atoms with van der Waals surface area (Å²) in [5.41, 5.74) is 1.75. The lowest BCUT2D eigenvalue weighted by molar-refractivity contribution is 0.0444. The molecule has 108 valence electrons. The lowest BCUT2D eigenvalue weighted by Crippen LogP contribution is -2.20. The summed E-state index contributed by atoms with van der Waals surface area (Å²) >= 11 is 6.01. The number of rotatable bonds is 4. The first kappa shape index (κ1) is 15.3. The van der Waals surface area contributed by atoms with E-state index < -0.39 is 12.2 Å². The molecule has 6 heteroatoms. The summed E-state index contributed by atoms with van der Waals surface area (Å²) in [7, 11) is 1.77. The highest BCUT2D eigenvalue weighted by atomic mass is 35.5. The summed E-state index contributed by atoms with van der Waals surface area (Å²) in [6.07, 6.45) is 0.761. The van der Waals surface area contributed by atoms with Crippen molar-refractivity contribution in [2.45, 2.75) is 12.2 Å². The smallest absolute Gasteiger partial charge is 0.118 e. The number of aromatic nitrogens is 2. The molecule has 5 nitrogen and oxygen atoms in total. The van der Waals surface area contributed by atoms with Gasteiger partial charge in [0.05, 0.1) is 17.8 Å². The Labute approximate surface area is 127 Å². The lowest BCUT2D eigenvalue weighted by Gasteiger charge is -2.19.